The second kappa shape index (κ2) is 17.4. The maximum atomic E-state index is 14.3. The lowest BCUT2D eigenvalue weighted by atomic mass is 10.00. The van der Waals surface area contributed by atoms with Crippen molar-refractivity contribution in [1.29, 1.82) is 0 Å². The van der Waals surface area contributed by atoms with Crippen LogP contribution in [0.5, 0.6) is 0 Å². The van der Waals surface area contributed by atoms with Gasteiger partial charge in [0.1, 0.15) is 13.6 Å². The summed E-state index contributed by atoms with van der Waals surface area (Å²) in [6, 6.07) is 10.3. The van der Waals surface area contributed by atoms with Crippen molar-refractivity contribution < 1.29 is 77.0 Å². The van der Waals surface area contributed by atoms with Crippen LogP contribution in [0.15, 0.2) is 30.3 Å². The summed E-state index contributed by atoms with van der Waals surface area (Å²) in [5.41, 5.74) is 1.32. The van der Waals surface area contributed by atoms with Gasteiger partial charge in [-0.3, -0.25) is 4.18 Å². The lowest BCUT2D eigenvalue weighted by Gasteiger charge is -2.33. The molecular formula is C26H38F8O9S. The molecule has 1 aromatic carbocycles. The maximum Gasteiger partial charge on any atom is 0.439 e. The molecule has 18 heteroatoms. The summed E-state index contributed by atoms with van der Waals surface area (Å²) < 4.78 is 153. The minimum absolute atomic E-state index is 0.189. The number of aryl methyl sites for hydroxylation is 1. The summed E-state index contributed by atoms with van der Waals surface area (Å²) in [7, 11) is 0.987. The monoisotopic (exact) mass is 678 g/mol. The third-order valence-corrected chi connectivity index (χ3v) is 7.21. The van der Waals surface area contributed by atoms with E-state index in [2.05, 4.69) is 28.0 Å². The summed E-state index contributed by atoms with van der Waals surface area (Å²) in [4.78, 5) is 0. The Morgan fingerprint density at radius 3 is 2.09 bits per heavy atom. The summed E-state index contributed by atoms with van der Waals surface area (Å²) >= 11 is -4.48. The molecule has 1 saturated carbocycles. The third-order valence-electron chi connectivity index (χ3n) is 6.15. The van der Waals surface area contributed by atoms with E-state index in [1.165, 1.54) is 5.56 Å². The molecule has 7 atom stereocenters. The number of benzene rings is 1. The molecule has 1 aliphatic carbocycles. The Morgan fingerprint density at radius 1 is 1.02 bits per heavy atom. The van der Waals surface area contributed by atoms with Gasteiger partial charge in [0.2, 0.25) is 11.1 Å². The van der Waals surface area contributed by atoms with Gasteiger partial charge in [0.25, 0.3) is 0 Å². The molecule has 0 spiro atoms. The Morgan fingerprint density at radius 2 is 1.61 bits per heavy atom. The van der Waals surface area contributed by atoms with Crippen molar-refractivity contribution >= 4 is 11.1 Å². The zero-order valence-corrected chi connectivity index (χ0v) is 25.6. The van der Waals surface area contributed by atoms with Crippen LogP contribution in [-0.2, 0) is 43.7 Å². The lowest BCUT2D eigenvalue weighted by Crippen LogP contribution is -2.55. The van der Waals surface area contributed by atoms with Crippen LogP contribution in [0.1, 0.15) is 33.3 Å². The molecule has 2 fully saturated rings. The van der Waals surface area contributed by atoms with Gasteiger partial charge in [-0.1, -0.05) is 49.7 Å². The molecule has 1 aromatic rings. The highest BCUT2D eigenvalue weighted by Gasteiger charge is 2.72. The number of hydrogen-bond acceptors (Lipinski definition) is 9. The number of ether oxygens (including phenoxy) is 6. The van der Waals surface area contributed by atoms with Gasteiger partial charge in [0.05, 0.1) is 30.8 Å². The molecule has 44 heavy (non-hydrogen) atoms. The van der Waals surface area contributed by atoms with Gasteiger partial charge in [0, 0.05) is 26.6 Å². The maximum absolute atomic E-state index is 14.3. The first-order chi connectivity index (χ1) is 20.4. The number of fused-ring (bicyclic) bond motifs is 1. The fourth-order valence-corrected chi connectivity index (χ4v) is 4.81. The summed E-state index contributed by atoms with van der Waals surface area (Å²) in [6.45, 7) is 6.31. The molecule has 258 valence electrons. The number of halogens is 8. The number of alkyl halides is 8. The zero-order chi connectivity index (χ0) is 33.9. The van der Waals surface area contributed by atoms with E-state index >= 15 is 0 Å². The molecule has 1 aliphatic heterocycles. The first kappa shape index (κ1) is 40.5. The van der Waals surface area contributed by atoms with E-state index < -0.39 is 77.8 Å². The summed E-state index contributed by atoms with van der Waals surface area (Å²) in [5, 5.41) is 4.20. The van der Waals surface area contributed by atoms with Crippen LogP contribution < -0.4 is 0 Å². The minimum atomic E-state index is -6.38. The van der Waals surface area contributed by atoms with Gasteiger partial charge < -0.3 is 28.8 Å². The van der Waals surface area contributed by atoms with E-state index in [9.17, 15) is 44.4 Å². The molecule has 0 bridgehead atoms. The van der Waals surface area contributed by atoms with E-state index in [4.69, 9.17) is 23.7 Å². The topological polar surface area (TPSA) is 102 Å². The van der Waals surface area contributed by atoms with Crippen molar-refractivity contribution in [1.82, 2.24) is 0 Å². The Hall–Kier alpha value is -1.51. The average Bonchev–Trinajstić information content (AvgIpc) is 3.26. The molecule has 7 unspecified atom stereocenters. The van der Waals surface area contributed by atoms with Gasteiger partial charge >= 0.3 is 23.4 Å². The molecule has 0 aromatic heterocycles. The number of methoxy groups -OCH3 is 1. The largest absolute Gasteiger partial charge is 0.439 e. The van der Waals surface area contributed by atoms with E-state index in [0.29, 0.717) is 0 Å². The van der Waals surface area contributed by atoms with Crippen LogP contribution in [0, 0.1) is 18.8 Å². The minimum Gasteiger partial charge on any atom is -0.368 e. The molecule has 1 saturated heterocycles. The molecule has 9 nitrogen and oxygen atoms in total. The molecule has 0 radical (unpaired) electrons. The fourth-order valence-electron chi connectivity index (χ4n) is 3.98. The normalized spacial score (nSPS) is 25.6. The predicted octanol–water partition coefficient (Wildman–Crippen LogP) is 5.47. The van der Waals surface area contributed by atoms with Crippen LogP contribution in [0.25, 0.3) is 0 Å². The lowest BCUT2D eigenvalue weighted by molar-refractivity contribution is -0.453. The highest BCUT2D eigenvalue weighted by Crippen LogP contribution is 2.48. The number of aliphatic hydroxyl groups is 1. The molecule has 1 heterocycles. The molecule has 0 amide bonds. The van der Waals surface area contributed by atoms with Crippen molar-refractivity contribution in [3.05, 3.63) is 35.9 Å². The van der Waals surface area contributed by atoms with Crippen molar-refractivity contribution in [2.45, 2.75) is 82.6 Å². The van der Waals surface area contributed by atoms with Gasteiger partial charge in [-0.25, -0.2) is 8.95 Å². The van der Waals surface area contributed by atoms with Crippen molar-refractivity contribution in [3.63, 3.8) is 0 Å². The van der Waals surface area contributed by atoms with Crippen LogP contribution in [0.4, 0.5) is 35.1 Å². The Labute approximate surface area is 252 Å². The molecule has 2 aliphatic rings. The smallest absolute Gasteiger partial charge is 0.368 e. The zero-order valence-electron chi connectivity index (χ0n) is 24.8. The predicted molar refractivity (Wildman–Crippen MR) is 139 cm³/mol. The van der Waals surface area contributed by atoms with E-state index in [1.807, 2.05) is 32.0 Å². The van der Waals surface area contributed by atoms with E-state index in [-0.39, 0.29) is 26.8 Å². The summed E-state index contributed by atoms with van der Waals surface area (Å²) in [5.74, 6) is -7.95. The van der Waals surface area contributed by atoms with E-state index in [0.717, 1.165) is 7.11 Å². The first-order valence-corrected chi connectivity index (χ1v) is 14.4. The number of aliphatic hydroxyl groups excluding tert-OH is 1. The van der Waals surface area contributed by atoms with Crippen molar-refractivity contribution in [3.8, 4) is 0 Å². The second-order valence-corrected chi connectivity index (χ2v) is 10.4. The van der Waals surface area contributed by atoms with E-state index in [1.54, 1.807) is 6.92 Å². The first-order valence-electron chi connectivity index (χ1n) is 13.3. The Bertz CT molecular complexity index is 988. The van der Waals surface area contributed by atoms with Crippen molar-refractivity contribution in [2.24, 2.45) is 11.8 Å². The third kappa shape index (κ3) is 10.2. The average molecular weight is 679 g/mol. The van der Waals surface area contributed by atoms with Crippen LogP contribution >= 0.6 is 0 Å². The number of rotatable bonds is 13. The fraction of sp³-hybridized carbons (Fsp3) is 0.769. The molecule has 3 rings (SSSR count). The summed E-state index contributed by atoms with van der Waals surface area (Å²) in [6.07, 6.45) is -18.5. The van der Waals surface area contributed by atoms with Crippen LogP contribution in [-0.4, -0.2) is 91.2 Å². The van der Waals surface area contributed by atoms with Crippen molar-refractivity contribution in [2.75, 3.05) is 33.9 Å². The Balaban J connectivity index is 0.000000927. The molecular weight excluding hydrogens is 640 g/mol. The van der Waals surface area contributed by atoms with Crippen LogP contribution in [0.3, 0.4) is 0 Å². The van der Waals surface area contributed by atoms with Crippen LogP contribution in [0.2, 0.25) is 0 Å². The molecule has 1 N–H and O–H groups in total. The van der Waals surface area contributed by atoms with Gasteiger partial charge in [0.15, 0.2) is 6.29 Å². The second-order valence-electron chi connectivity index (χ2n) is 9.22. The number of hydrogen-bond donors (Lipinski definition) is 1. The van der Waals surface area contributed by atoms with Gasteiger partial charge in [-0.15, -0.1) is 0 Å². The SMILES string of the molecule is CC.CCOCOC1C2OCOCC2C(OS(=O)C(F)(F)C(F)(F)OC(F)(F)C(C)(F)F)C1C(O)OC.Cc1ccccc1. The standard InChI is InChI=1S/C17H24F8O9S.C7H8.C2H6/c1-4-29-6-32-12-9(13(26)28-3)10(8-5-30-7-31-11(8)12)33-35(27)17(24,25)16(22,23)34-15(20,21)14(2,18)19;1-7-5-3-2-4-6-7;1-2/h8-13,26H,4-7H2,1-3H3;2-6H,1H3;1-2H3. The van der Waals surface area contributed by atoms with Gasteiger partial charge in [-0.2, -0.15) is 35.1 Å². The quantitative estimate of drug-likeness (QED) is 0.165. The Kier molecular flexibility index (Phi) is 16.0. The highest BCUT2D eigenvalue weighted by molar-refractivity contribution is 7.81. The highest BCUT2D eigenvalue weighted by atomic mass is 32.2. The van der Waals surface area contributed by atoms with Gasteiger partial charge in [-0.05, 0) is 13.8 Å².